The molecule has 2 aromatic heterocycles. The SMILES string of the molecule is Cc1ccc(Cl)c2sc(N(Cc3ccccn3)C(=O)c3ccc(Cl)cc3Cl)nc12. The Kier molecular flexibility index (Phi) is 5.74. The van der Waals surface area contributed by atoms with E-state index in [1.807, 2.05) is 37.3 Å². The molecule has 0 saturated carbocycles. The molecular weight excluding hydrogens is 449 g/mol. The lowest BCUT2D eigenvalue weighted by Crippen LogP contribution is -2.31. The van der Waals surface area contributed by atoms with Gasteiger partial charge in [-0.15, -0.1) is 0 Å². The predicted octanol–water partition coefficient (Wildman–Crippen LogP) is 6.81. The molecule has 2 heterocycles. The highest BCUT2D eigenvalue weighted by molar-refractivity contribution is 7.23. The van der Waals surface area contributed by atoms with Gasteiger partial charge in [-0.25, -0.2) is 4.98 Å². The summed E-state index contributed by atoms with van der Waals surface area (Å²) in [6.45, 7) is 2.21. The summed E-state index contributed by atoms with van der Waals surface area (Å²) in [6.07, 6.45) is 1.69. The highest BCUT2D eigenvalue weighted by Crippen LogP contribution is 2.37. The number of thiazole rings is 1. The van der Waals surface area contributed by atoms with E-state index >= 15 is 0 Å². The van der Waals surface area contributed by atoms with Crippen LogP contribution < -0.4 is 4.90 Å². The van der Waals surface area contributed by atoms with Crippen LogP contribution in [0, 0.1) is 6.92 Å². The fourth-order valence-electron chi connectivity index (χ4n) is 2.89. The summed E-state index contributed by atoms with van der Waals surface area (Å²) in [4.78, 5) is 24.1. The Labute approximate surface area is 186 Å². The van der Waals surface area contributed by atoms with Crippen LogP contribution in [0.5, 0.6) is 0 Å². The average molecular weight is 463 g/mol. The Morgan fingerprint density at radius 3 is 2.59 bits per heavy atom. The molecule has 0 atom stereocenters. The first kappa shape index (κ1) is 20.1. The molecule has 0 radical (unpaired) electrons. The van der Waals surface area contributed by atoms with Gasteiger partial charge in [-0.05, 0) is 48.9 Å². The van der Waals surface area contributed by atoms with E-state index in [0.717, 1.165) is 21.5 Å². The van der Waals surface area contributed by atoms with E-state index in [-0.39, 0.29) is 17.5 Å². The second kappa shape index (κ2) is 8.28. The molecule has 0 unspecified atom stereocenters. The van der Waals surface area contributed by atoms with Gasteiger partial charge in [0, 0.05) is 11.2 Å². The van der Waals surface area contributed by atoms with Gasteiger partial charge in [0.2, 0.25) is 0 Å². The molecule has 4 nitrogen and oxygen atoms in total. The number of carbonyl (C=O) groups is 1. The van der Waals surface area contributed by atoms with Gasteiger partial charge in [-0.3, -0.25) is 14.7 Å². The van der Waals surface area contributed by atoms with Crippen LogP contribution in [0.2, 0.25) is 15.1 Å². The van der Waals surface area contributed by atoms with E-state index in [0.29, 0.717) is 20.7 Å². The molecule has 0 aliphatic heterocycles. The molecule has 0 aliphatic carbocycles. The molecule has 0 aliphatic rings. The summed E-state index contributed by atoms with van der Waals surface area (Å²) in [5.74, 6) is -0.287. The maximum atomic E-state index is 13.4. The predicted molar refractivity (Wildman–Crippen MR) is 121 cm³/mol. The number of hydrogen-bond donors (Lipinski definition) is 0. The molecule has 0 fully saturated rings. The van der Waals surface area contributed by atoms with Gasteiger partial charge >= 0.3 is 0 Å². The van der Waals surface area contributed by atoms with Crippen molar-refractivity contribution < 1.29 is 4.79 Å². The normalized spacial score (nSPS) is 11.0. The highest BCUT2D eigenvalue weighted by Gasteiger charge is 2.25. The second-order valence-corrected chi connectivity index (χ2v) is 8.60. The van der Waals surface area contributed by atoms with Crippen LogP contribution in [0.4, 0.5) is 5.13 Å². The minimum Gasteiger partial charge on any atom is -0.278 e. The fourth-order valence-corrected chi connectivity index (χ4v) is 4.70. The van der Waals surface area contributed by atoms with Crippen molar-refractivity contribution in [3.05, 3.63) is 86.6 Å². The number of aromatic nitrogens is 2. The standard InChI is InChI=1S/C21H14Cl3N3OS/c1-12-5-8-16(23)19-18(12)26-21(29-19)27(11-14-4-2-3-9-25-14)20(28)15-7-6-13(22)10-17(15)24/h2-10H,11H2,1H3. The van der Waals surface area contributed by atoms with Crippen molar-refractivity contribution in [1.82, 2.24) is 9.97 Å². The van der Waals surface area contributed by atoms with Crippen molar-refractivity contribution in [2.75, 3.05) is 4.90 Å². The third-order valence-corrected chi connectivity index (χ3v) is 6.46. The van der Waals surface area contributed by atoms with E-state index < -0.39 is 0 Å². The molecule has 0 bridgehead atoms. The van der Waals surface area contributed by atoms with Gasteiger partial charge in [0.05, 0.1) is 38.1 Å². The highest BCUT2D eigenvalue weighted by atomic mass is 35.5. The topological polar surface area (TPSA) is 46.1 Å². The molecule has 4 rings (SSSR count). The van der Waals surface area contributed by atoms with Crippen molar-refractivity contribution in [1.29, 1.82) is 0 Å². The molecule has 146 valence electrons. The van der Waals surface area contributed by atoms with Gasteiger partial charge in [-0.1, -0.05) is 58.3 Å². The summed E-state index contributed by atoms with van der Waals surface area (Å²) in [6, 6.07) is 14.1. The van der Waals surface area contributed by atoms with Crippen LogP contribution in [0.15, 0.2) is 54.7 Å². The third kappa shape index (κ3) is 4.09. The van der Waals surface area contributed by atoms with Gasteiger partial charge in [0.15, 0.2) is 5.13 Å². The van der Waals surface area contributed by atoms with Crippen LogP contribution in [0.25, 0.3) is 10.2 Å². The molecule has 0 saturated heterocycles. The van der Waals surface area contributed by atoms with E-state index in [4.69, 9.17) is 39.8 Å². The summed E-state index contributed by atoms with van der Waals surface area (Å²) < 4.78 is 0.836. The molecule has 0 spiro atoms. The van der Waals surface area contributed by atoms with E-state index in [9.17, 15) is 4.79 Å². The lowest BCUT2D eigenvalue weighted by Gasteiger charge is -2.20. The average Bonchev–Trinajstić information content (AvgIpc) is 3.16. The first-order chi connectivity index (χ1) is 13.9. The number of halogens is 3. The number of hydrogen-bond acceptors (Lipinski definition) is 4. The lowest BCUT2D eigenvalue weighted by atomic mass is 10.2. The van der Waals surface area contributed by atoms with Gasteiger partial charge in [0.25, 0.3) is 5.91 Å². The third-order valence-electron chi connectivity index (χ3n) is 4.37. The number of rotatable bonds is 4. The number of amides is 1. The zero-order valence-electron chi connectivity index (χ0n) is 15.2. The molecule has 8 heteroatoms. The first-order valence-corrected chi connectivity index (χ1v) is 10.6. The van der Waals surface area contributed by atoms with Crippen LogP contribution >= 0.6 is 46.1 Å². The fraction of sp³-hybridized carbons (Fsp3) is 0.0952. The Morgan fingerprint density at radius 1 is 1.07 bits per heavy atom. The number of nitrogens with zero attached hydrogens (tertiary/aromatic N) is 3. The quantitative estimate of drug-likeness (QED) is 0.335. The van der Waals surface area contributed by atoms with E-state index in [2.05, 4.69) is 4.98 Å². The summed E-state index contributed by atoms with van der Waals surface area (Å²) >= 11 is 20.0. The Bertz CT molecular complexity index is 1170. The number of fused-ring (bicyclic) bond motifs is 1. The molecular formula is C21H14Cl3N3OS. The van der Waals surface area contributed by atoms with Crippen molar-refractivity contribution >= 4 is 67.4 Å². The van der Waals surface area contributed by atoms with Crippen LogP contribution in [0.3, 0.4) is 0 Å². The minimum atomic E-state index is -0.287. The zero-order valence-corrected chi connectivity index (χ0v) is 18.3. The monoisotopic (exact) mass is 461 g/mol. The zero-order chi connectivity index (χ0) is 20.5. The minimum absolute atomic E-state index is 0.245. The number of benzene rings is 2. The number of pyridine rings is 1. The van der Waals surface area contributed by atoms with Gasteiger partial charge < -0.3 is 0 Å². The van der Waals surface area contributed by atoms with Crippen LogP contribution in [-0.4, -0.2) is 15.9 Å². The van der Waals surface area contributed by atoms with Crippen molar-refractivity contribution in [2.24, 2.45) is 0 Å². The summed E-state index contributed by atoms with van der Waals surface area (Å²) in [7, 11) is 0. The smallest absolute Gasteiger partial charge is 0.261 e. The molecule has 2 aromatic carbocycles. The maximum Gasteiger partial charge on any atom is 0.261 e. The number of anilines is 1. The maximum absolute atomic E-state index is 13.4. The summed E-state index contributed by atoms with van der Waals surface area (Å²) in [5, 5.41) is 1.87. The van der Waals surface area contributed by atoms with E-state index in [1.54, 1.807) is 29.3 Å². The Hall–Kier alpha value is -2.18. The Balaban J connectivity index is 1.83. The Morgan fingerprint density at radius 2 is 1.90 bits per heavy atom. The molecule has 29 heavy (non-hydrogen) atoms. The first-order valence-electron chi connectivity index (χ1n) is 8.66. The molecule has 1 amide bonds. The van der Waals surface area contributed by atoms with Crippen LogP contribution in [0.1, 0.15) is 21.6 Å². The summed E-state index contributed by atoms with van der Waals surface area (Å²) in [5.41, 5.74) is 2.84. The molecule has 4 aromatic rings. The van der Waals surface area contributed by atoms with Gasteiger partial charge in [-0.2, -0.15) is 0 Å². The van der Waals surface area contributed by atoms with E-state index in [1.165, 1.54) is 11.3 Å². The van der Waals surface area contributed by atoms with Crippen molar-refractivity contribution in [3.8, 4) is 0 Å². The van der Waals surface area contributed by atoms with Crippen molar-refractivity contribution in [2.45, 2.75) is 13.5 Å². The van der Waals surface area contributed by atoms with Gasteiger partial charge in [0.1, 0.15) is 0 Å². The molecule has 0 N–H and O–H groups in total. The number of aryl methyl sites for hydroxylation is 1. The lowest BCUT2D eigenvalue weighted by molar-refractivity contribution is 0.0985. The second-order valence-electron chi connectivity index (χ2n) is 6.37. The largest absolute Gasteiger partial charge is 0.278 e. The van der Waals surface area contributed by atoms with Crippen molar-refractivity contribution in [3.63, 3.8) is 0 Å². The number of carbonyl (C=O) groups excluding carboxylic acids is 1. The van der Waals surface area contributed by atoms with Crippen LogP contribution in [-0.2, 0) is 6.54 Å².